The maximum Gasteiger partial charge on any atom is 0.330 e. The fraction of sp³-hybridized carbons (Fsp3) is 0.591. The van der Waals surface area contributed by atoms with Crippen LogP contribution < -0.4 is 21.9 Å². The molecule has 11 heteroatoms. The number of nitrogens with zero attached hydrogens (tertiary/aromatic N) is 3. The summed E-state index contributed by atoms with van der Waals surface area (Å²) in [6.45, 7) is 4.08. The zero-order valence-electron chi connectivity index (χ0n) is 19.2. The number of aromatic amines is 1. The molecular weight excluding hydrogens is 430 g/mol. The summed E-state index contributed by atoms with van der Waals surface area (Å²) in [5.74, 6) is -1.85. The molecule has 0 radical (unpaired) electrons. The Hall–Kier alpha value is -3.21. The number of nitrogen functional groups attached to an aromatic ring is 1. The average molecular weight is 462 g/mol. The van der Waals surface area contributed by atoms with Gasteiger partial charge in [0.2, 0.25) is 17.7 Å². The van der Waals surface area contributed by atoms with E-state index in [4.69, 9.17) is 10.5 Å². The van der Waals surface area contributed by atoms with Crippen LogP contribution in [0.15, 0.2) is 21.7 Å². The number of nitrogens with two attached hydrogens (primary N) is 1. The van der Waals surface area contributed by atoms with Crippen LogP contribution in [0, 0.1) is 17.8 Å². The van der Waals surface area contributed by atoms with Crippen molar-refractivity contribution >= 4 is 29.2 Å². The number of amides is 3. The fourth-order valence-corrected chi connectivity index (χ4v) is 4.36. The molecule has 0 bridgehead atoms. The van der Waals surface area contributed by atoms with E-state index < -0.39 is 17.2 Å². The number of hydrogen-bond acceptors (Lipinski definition) is 7. The summed E-state index contributed by atoms with van der Waals surface area (Å²) in [5.41, 5.74) is 4.59. The number of fused-ring (bicyclic) bond motifs is 1. The molecule has 180 valence electrons. The summed E-state index contributed by atoms with van der Waals surface area (Å²) < 4.78 is 6.30. The van der Waals surface area contributed by atoms with Crippen LogP contribution >= 0.6 is 0 Å². The lowest BCUT2D eigenvalue weighted by Gasteiger charge is -2.25. The van der Waals surface area contributed by atoms with Gasteiger partial charge in [-0.1, -0.05) is 26.0 Å². The molecule has 33 heavy (non-hydrogen) atoms. The Morgan fingerprint density at radius 3 is 2.33 bits per heavy atom. The highest BCUT2D eigenvalue weighted by Gasteiger charge is 2.47. The third-order valence-electron chi connectivity index (χ3n) is 6.00. The molecule has 2 heterocycles. The Morgan fingerprint density at radius 2 is 1.79 bits per heavy atom. The van der Waals surface area contributed by atoms with Crippen molar-refractivity contribution in [2.75, 3.05) is 37.4 Å². The minimum Gasteiger partial charge on any atom is -0.383 e. The molecule has 3 amide bonds. The zero-order chi connectivity index (χ0) is 24.3. The van der Waals surface area contributed by atoms with E-state index in [1.807, 2.05) is 26.0 Å². The maximum absolute atomic E-state index is 13.2. The smallest absolute Gasteiger partial charge is 0.330 e. The Morgan fingerprint density at radius 1 is 1.18 bits per heavy atom. The van der Waals surface area contributed by atoms with Crippen LogP contribution in [0.5, 0.6) is 0 Å². The van der Waals surface area contributed by atoms with Gasteiger partial charge in [0.05, 0.1) is 18.4 Å². The molecule has 3 N–H and O–H groups in total. The number of rotatable bonds is 9. The predicted molar refractivity (Wildman–Crippen MR) is 121 cm³/mol. The summed E-state index contributed by atoms with van der Waals surface area (Å²) in [6, 6.07) is 0. The van der Waals surface area contributed by atoms with Crippen LogP contribution in [0.3, 0.4) is 0 Å². The normalized spacial score (nSPS) is 19.9. The Kier molecular flexibility index (Phi) is 7.52. The molecule has 0 saturated carbocycles. The number of allylic oxidation sites excluding steroid dienone is 2. The Balaban J connectivity index is 1.84. The molecule has 11 nitrogen and oxygen atoms in total. The molecule has 3 rings (SSSR count). The first-order chi connectivity index (χ1) is 15.7. The predicted octanol–water partition coefficient (Wildman–Crippen LogP) is 0.0955. The van der Waals surface area contributed by atoms with E-state index in [9.17, 15) is 24.0 Å². The van der Waals surface area contributed by atoms with Crippen LogP contribution in [0.1, 0.15) is 33.1 Å². The zero-order valence-corrected chi connectivity index (χ0v) is 19.2. The van der Waals surface area contributed by atoms with E-state index in [0.29, 0.717) is 12.8 Å². The third kappa shape index (κ3) is 4.92. The second-order valence-electron chi connectivity index (χ2n) is 8.77. The lowest BCUT2D eigenvalue weighted by molar-refractivity contribution is -0.140. The number of nitrogens with one attached hydrogen (secondary N) is 1. The highest BCUT2D eigenvalue weighted by Crippen LogP contribution is 2.35. The molecule has 1 fully saturated rings. The SMILES string of the molecule is COCCN(C(=O)CCN1C(=O)[C@H]2CC=CC[C@@H]2C1=O)c1c(N)n(CC(C)C)c(=O)[nH]c1=O. The highest BCUT2D eigenvalue weighted by molar-refractivity contribution is 6.06. The van der Waals surface area contributed by atoms with Crippen LogP contribution in [0.4, 0.5) is 11.5 Å². The number of hydrogen-bond donors (Lipinski definition) is 2. The molecule has 0 spiro atoms. The van der Waals surface area contributed by atoms with Crippen molar-refractivity contribution in [2.45, 2.75) is 39.7 Å². The number of carbonyl (C=O) groups excluding carboxylic acids is 3. The van der Waals surface area contributed by atoms with Gasteiger partial charge in [-0.2, -0.15) is 0 Å². The van der Waals surface area contributed by atoms with Crippen LogP contribution in [0.2, 0.25) is 0 Å². The number of likely N-dealkylation sites (tertiary alicyclic amines) is 1. The van der Waals surface area contributed by atoms with Gasteiger partial charge >= 0.3 is 5.69 Å². The number of methoxy groups -OCH3 is 1. The summed E-state index contributed by atoms with van der Waals surface area (Å²) in [7, 11) is 1.45. The Bertz CT molecular complexity index is 1050. The highest BCUT2D eigenvalue weighted by atomic mass is 16.5. The largest absolute Gasteiger partial charge is 0.383 e. The van der Waals surface area contributed by atoms with Crippen molar-refractivity contribution in [1.82, 2.24) is 14.5 Å². The summed E-state index contributed by atoms with van der Waals surface area (Å²) >= 11 is 0. The summed E-state index contributed by atoms with van der Waals surface area (Å²) in [4.78, 5) is 68.0. The fourth-order valence-electron chi connectivity index (χ4n) is 4.36. The molecule has 2 atom stereocenters. The van der Waals surface area contributed by atoms with Crippen LogP contribution in [0.25, 0.3) is 0 Å². The number of aromatic nitrogens is 2. The second kappa shape index (κ2) is 10.2. The molecule has 0 aromatic carbocycles. The van der Waals surface area contributed by atoms with Gasteiger partial charge in [-0.25, -0.2) is 4.79 Å². The van der Waals surface area contributed by atoms with Crippen molar-refractivity contribution in [2.24, 2.45) is 17.8 Å². The van der Waals surface area contributed by atoms with Crippen molar-refractivity contribution in [3.05, 3.63) is 33.0 Å². The monoisotopic (exact) mass is 461 g/mol. The standard InChI is InChI=1S/C22H31N5O6/c1-13(2)12-27-18(23)17(19(29)24-22(27)32)25(10-11-33-3)16(28)8-9-26-20(30)14-6-4-5-7-15(14)21(26)31/h4-5,13-15H,6-12,23H2,1-3H3,(H,24,29,32)/t14-,15-/m0/s1. The molecule has 1 aliphatic carbocycles. The third-order valence-corrected chi connectivity index (χ3v) is 6.00. The van der Waals surface area contributed by atoms with Gasteiger partial charge in [0.15, 0.2) is 5.69 Å². The van der Waals surface area contributed by atoms with Gasteiger partial charge < -0.3 is 15.4 Å². The van der Waals surface area contributed by atoms with E-state index in [1.54, 1.807) is 0 Å². The first-order valence-corrected chi connectivity index (χ1v) is 11.1. The van der Waals surface area contributed by atoms with Crippen molar-refractivity contribution in [3.8, 4) is 0 Å². The number of anilines is 2. The number of carbonyl (C=O) groups is 3. The van der Waals surface area contributed by atoms with Gasteiger partial charge in [0, 0.05) is 33.2 Å². The van der Waals surface area contributed by atoms with Crippen molar-refractivity contribution in [3.63, 3.8) is 0 Å². The first kappa shape index (κ1) is 24.4. The molecule has 2 aliphatic rings. The van der Waals surface area contributed by atoms with Crippen molar-refractivity contribution in [1.29, 1.82) is 0 Å². The number of H-pyrrole nitrogens is 1. The van der Waals surface area contributed by atoms with Crippen LogP contribution in [-0.2, 0) is 25.7 Å². The van der Waals surface area contributed by atoms with Gasteiger partial charge in [-0.3, -0.25) is 33.6 Å². The van der Waals surface area contributed by atoms with Gasteiger partial charge in [-0.15, -0.1) is 0 Å². The number of imide groups is 1. The Labute approximate surface area is 191 Å². The van der Waals surface area contributed by atoms with Gasteiger partial charge in [0.25, 0.3) is 5.56 Å². The molecular formula is C22H31N5O6. The molecule has 1 aromatic rings. The van der Waals surface area contributed by atoms with Crippen LogP contribution in [-0.4, -0.2) is 59.0 Å². The summed E-state index contributed by atoms with van der Waals surface area (Å²) in [6.07, 6.45) is 4.64. The van der Waals surface area contributed by atoms with E-state index >= 15 is 0 Å². The molecule has 0 unspecified atom stereocenters. The van der Waals surface area contributed by atoms with E-state index in [2.05, 4.69) is 4.98 Å². The van der Waals surface area contributed by atoms with Crippen molar-refractivity contribution < 1.29 is 19.1 Å². The van der Waals surface area contributed by atoms with Gasteiger partial charge in [0.1, 0.15) is 5.82 Å². The lowest BCUT2D eigenvalue weighted by atomic mass is 9.85. The van der Waals surface area contributed by atoms with Gasteiger partial charge in [-0.05, 0) is 18.8 Å². The number of ether oxygens (including phenoxy) is 1. The van der Waals surface area contributed by atoms with E-state index in [0.717, 1.165) is 9.80 Å². The average Bonchev–Trinajstić information content (AvgIpc) is 3.01. The molecule has 1 aromatic heterocycles. The lowest BCUT2D eigenvalue weighted by Crippen LogP contribution is -2.44. The molecule has 1 saturated heterocycles. The minimum atomic E-state index is -0.785. The van der Waals surface area contributed by atoms with E-state index in [-0.39, 0.29) is 73.7 Å². The quantitative estimate of drug-likeness (QED) is 0.391. The first-order valence-electron chi connectivity index (χ1n) is 11.1. The molecule has 1 aliphatic heterocycles. The minimum absolute atomic E-state index is 0.0135. The second-order valence-corrected chi connectivity index (χ2v) is 8.77. The van der Waals surface area contributed by atoms with E-state index in [1.165, 1.54) is 11.7 Å². The maximum atomic E-state index is 13.2. The summed E-state index contributed by atoms with van der Waals surface area (Å²) in [5, 5.41) is 0. The topological polar surface area (TPSA) is 148 Å².